The maximum absolute atomic E-state index is 6.23. The summed E-state index contributed by atoms with van der Waals surface area (Å²) < 4.78 is 6.23. The van der Waals surface area contributed by atoms with Crippen LogP contribution in [-0.2, 0) is 6.42 Å². The van der Waals surface area contributed by atoms with Crippen LogP contribution in [0.2, 0.25) is 5.02 Å². The van der Waals surface area contributed by atoms with Crippen LogP contribution in [-0.4, -0.2) is 6.54 Å². The average molecular weight is 316 g/mol. The minimum atomic E-state index is 0.623. The van der Waals surface area contributed by atoms with Gasteiger partial charge in [-0.15, -0.1) is 0 Å². The van der Waals surface area contributed by atoms with E-state index in [1.54, 1.807) is 0 Å². The lowest BCUT2D eigenvalue weighted by Crippen LogP contribution is -2.04. The maximum Gasteiger partial charge on any atom is 0.130 e. The molecular formula is C19H22ClNO. The van der Waals surface area contributed by atoms with E-state index in [1.807, 2.05) is 26.0 Å². The third kappa shape index (κ3) is 3.13. The predicted octanol–water partition coefficient (Wildman–Crippen LogP) is 5.13. The van der Waals surface area contributed by atoms with Gasteiger partial charge in [0.05, 0.1) is 0 Å². The molecule has 2 nitrogen and oxygen atoms in total. The molecule has 116 valence electrons. The highest BCUT2D eigenvalue weighted by Gasteiger charge is 2.24. The summed E-state index contributed by atoms with van der Waals surface area (Å²) in [6.07, 6.45) is 3.40. The molecule has 3 heteroatoms. The standard InChI is InChI=1S/C19H22ClNO/c1-12-13(2)18(8-7-17(12)20)22-19-11-16(14-3-4-14)6-5-15(19)9-10-21/h5-8,11,14H,3-4,9-10,21H2,1-2H3. The SMILES string of the molecule is Cc1c(Cl)ccc(Oc2cc(C3CC3)ccc2CCN)c1C. The van der Waals surface area contributed by atoms with Crippen LogP contribution in [0, 0.1) is 13.8 Å². The Kier molecular flexibility index (Phi) is 4.42. The average Bonchev–Trinajstić information content (AvgIpc) is 3.34. The van der Waals surface area contributed by atoms with E-state index in [2.05, 4.69) is 18.2 Å². The van der Waals surface area contributed by atoms with Crippen LogP contribution in [0.1, 0.15) is 41.0 Å². The molecule has 1 aliphatic carbocycles. The molecule has 0 amide bonds. The molecule has 1 saturated carbocycles. The first-order valence-electron chi connectivity index (χ1n) is 7.86. The molecule has 3 rings (SSSR count). The molecule has 0 bridgehead atoms. The Morgan fingerprint density at radius 2 is 1.86 bits per heavy atom. The number of hydrogen-bond acceptors (Lipinski definition) is 2. The molecule has 0 atom stereocenters. The van der Waals surface area contributed by atoms with Gasteiger partial charge in [-0.05, 0) is 86.0 Å². The van der Waals surface area contributed by atoms with Gasteiger partial charge < -0.3 is 10.5 Å². The third-order valence-corrected chi connectivity index (χ3v) is 4.85. The van der Waals surface area contributed by atoms with Crippen molar-refractivity contribution in [2.75, 3.05) is 6.54 Å². The minimum absolute atomic E-state index is 0.623. The highest BCUT2D eigenvalue weighted by Crippen LogP contribution is 2.42. The fourth-order valence-electron chi connectivity index (χ4n) is 2.69. The van der Waals surface area contributed by atoms with Crippen molar-refractivity contribution in [3.05, 3.63) is 57.6 Å². The first kappa shape index (κ1) is 15.4. The lowest BCUT2D eigenvalue weighted by atomic mass is 10.0. The molecular weight excluding hydrogens is 294 g/mol. The van der Waals surface area contributed by atoms with Crippen molar-refractivity contribution >= 4 is 11.6 Å². The first-order valence-corrected chi connectivity index (χ1v) is 8.24. The van der Waals surface area contributed by atoms with Crippen molar-refractivity contribution in [2.24, 2.45) is 5.73 Å². The molecule has 2 N–H and O–H groups in total. The summed E-state index contributed by atoms with van der Waals surface area (Å²) in [6, 6.07) is 10.4. The summed E-state index contributed by atoms with van der Waals surface area (Å²) in [4.78, 5) is 0. The molecule has 1 aliphatic rings. The third-order valence-electron chi connectivity index (χ3n) is 4.44. The van der Waals surface area contributed by atoms with Crippen molar-refractivity contribution in [3.63, 3.8) is 0 Å². The van der Waals surface area contributed by atoms with Crippen LogP contribution in [0.3, 0.4) is 0 Å². The van der Waals surface area contributed by atoms with E-state index in [-0.39, 0.29) is 0 Å². The van der Waals surface area contributed by atoms with E-state index in [0.29, 0.717) is 12.5 Å². The van der Waals surface area contributed by atoms with Gasteiger partial charge in [-0.3, -0.25) is 0 Å². The summed E-state index contributed by atoms with van der Waals surface area (Å²) in [7, 11) is 0. The van der Waals surface area contributed by atoms with Crippen LogP contribution in [0.25, 0.3) is 0 Å². The Morgan fingerprint density at radius 1 is 1.09 bits per heavy atom. The molecule has 22 heavy (non-hydrogen) atoms. The molecule has 0 aromatic heterocycles. The molecule has 2 aromatic rings. The Hall–Kier alpha value is -1.51. The summed E-state index contributed by atoms with van der Waals surface area (Å²) >= 11 is 6.17. The molecule has 0 aliphatic heterocycles. The quantitative estimate of drug-likeness (QED) is 0.830. The normalized spacial score (nSPS) is 14.2. The first-order chi connectivity index (χ1) is 10.6. The highest BCUT2D eigenvalue weighted by molar-refractivity contribution is 6.31. The van der Waals surface area contributed by atoms with Crippen LogP contribution < -0.4 is 10.5 Å². The smallest absolute Gasteiger partial charge is 0.130 e. The number of halogens is 1. The number of rotatable bonds is 5. The molecule has 0 unspecified atom stereocenters. The van der Waals surface area contributed by atoms with Gasteiger partial charge in [0.15, 0.2) is 0 Å². The summed E-state index contributed by atoms with van der Waals surface area (Å²) in [5.74, 6) is 2.51. The fraction of sp³-hybridized carbons (Fsp3) is 0.368. The van der Waals surface area contributed by atoms with E-state index >= 15 is 0 Å². The van der Waals surface area contributed by atoms with Crippen molar-refractivity contribution < 1.29 is 4.74 Å². The second-order valence-corrected chi connectivity index (χ2v) is 6.48. The van der Waals surface area contributed by atoms with Gasteiger partial charge in [0.2, 0.25) is 0 Å². The monoisotopic (exact) mass is 315 g/mol. The molecule has 0 heterocycles. The summed E-state index contributed by atoms with van der Waals surface area (Å²) in [5.41, 5.74) is 10.4. The van der Waals surface area contributed by atoms with Crippen molar-refractivity contribution in [3.8, 4) is 11.5 Å². The second kappa shape index (κ2) is 6.31. The summed E-state index contributed by atoms with van der Waals surface area (Å²) in [6.45, 7) is 4.69. The Morgan fingerprint density at radius 3 is 2.55 bits per heavy atom. The Balaban J connectivity index is 1.96. The lowest BCUT2D eigenvalue weighted by molar-refractivity contribution is 0.471. The molecule has 0 spiro atoms. The number of ether oxygens (including phenoxy) is 1. The number of benzene rings is 2. The molecule has 0 saturated heterocycles. The second-order valence-electron chi connectivity index (χ2n) is 6.08. The van der Waals surface area contributed by atoms with Gasteiger partial charge in [-0.25, -0.2) is 0 Å². The zero-order chi connectivity index (χ0) is 15.7. The number of hydrogen-bond donors (Lipinski definition) is 1. The maximum atomic E-state index is 6.23. The minimum Gasteiger partial charge on any atom is -0.457 e. The zero-order valence-corrected chi connectivity index (χ0v) is 13.9. The molecule has 1 fully saturated rings. The summed E-state index contributed by atoms with van der Waals surface area (Å²) in [5, 5.41) is 0.777. The molecule has 2 aromatic carbocycles. The lowest BCUT2D eigenvalue weighted by Gasteiger charge is -2.16. The van der Waals surface area contributed by atoms with Gasteiger partial charge in [0.25, 0.3) is 0 Å². The van der Waals surface area contributed by atoms with Gasteiger partial charge >= 0.3 is 0 Å². The predicted molar refractivity (Wildman–Crippen MR) is 92.2 cm³/mol. The van der Waals surface area contributed by atoms with Crippen molar-refractivity contribution in [2.45, 2.75) is 39.0 Å². The van der Waals surface area contributed by atoms with E-state index in [4.69, 9.17) is 22.1 Å². The Labute approximate surface area is 137 Å². The van der Waals surface area contributed by atoms with E-state index in [1.165, 1.54) is 24.0 Å². The van der Waals surface area contributed by atoms with Crippen LogP contribution in [0.15, 0.2) is 30.3 Å². The fourth-order valence-corrected chi connectivity index (χ4v) is 2.90. The van der Waals surface area contributed by atoms with Gasteiger partial charge in [-0.2, -0.15) is 0 Å². The van der Waals surface area contributed by atoms with Crippen molar-refractivity contribution in [1.29, 1.82) is 0 Å². The largest absolute Gasteiger partial charge is 0.457 e. The van der Waals surface area contributed by atoms with Crippen LogP contribution in [0.5, 0.6) is 11.5 Å². The number of nitrogens with two attached hydrogens (primary N) is 1. The molecule has 0 radical (unpaired) electrons. The van der Waals surface area contributed by atoms with Gasteiger partial charge in [0.1, 0.15) is 11.5 Å². The van der Waals surface area contributed by atoms with E-state index in [0.717, 1.165) is 34.1 Å². The van der Waals surface area contributed by atoms with Crippen molar-refractivity contribution in [1.82, 2.24) is 0 Å². The van der Waals surface area contributed by atoms with Gasteiger partial charge in [-0.1, -0.05) is 23.7 Å². The Bertz CT molecular complexity index is 692. The topological polar surface area (TPSA) is 35.2 Å². The van der Waals surface area contributed by atoms with E-state index in [9.17, 15) is 0 Å². The highest BCUT2D eigenvalue weighted by atomic mass is 35.5. The van der Waals surface area contributed by atoms with Gasteiger partial charge in [0, 0.05) is 5.02 Å². The zero-order valence-electron chi connectivity index (χ0n) is 13.2. The van der Waals surface area contributed by atoms with E-state index < -0.39 is 0 Å². The van der Waals surface area contributed by atoms with Crippen LogP contribution >= 0.6 is 11.6 Å². The van der Waals surface area contributed by atoms with Crippen LogP contribution in [0.4, 0.5) is 0 Å².